The first-order valence-corrected chi connectivity index (χ1v) is 16.2. The van der Waals surface area contributed by atoms with Crippen LogP contribution < -0.4 is 0 Å². The van der Waals surface area contributed by atoms with Crippen molar-refractivity contribution in [3.8, 4) is 0 Å². The van der Waals surface area contributed by atoms with Crippen molar-refractivity contribution in [1.82, 2.24) is 0 Å². The molecular weight excluding hydrogens is 476 g/mol. The lowest BCUT2D eigenvalue weighted by Gasteiger charge is -2.73. The third-order valence-electron chi connectivity index (χ3n) is 14.7. The molecular formula is C37H54O2. The third-order valence-corrected chi connectivity index (χ3v) is 14.7. The SMILES string of the molecule is C=C(C)[C@@H]1CC[C@@]2(C)CC[C@@]3(C)[C@@H](CC[C@H]4[C@]5(C)CC[C@H](OC(=O)c6ccccc6)C(C)(C)[C@@H]5CC[C@@]43C)[C@H]12. The molecule has 0 heterocycles. The monoisotopic (exact) mass is 530 g/mol. The number of allylic oxidation sites excluding steroid dienone is 1. The fourth-order valence-corrected chi connectivity index (χ4v) is 12.4. The zero-order chi connectivity index (χ0) is 28.0. The normalized spacial score (nSPS) is 48.2. The Balaban J connectivity index is 1.28. The van der Waals surface area contributed by atoms with E-state index in [-0.39, 0.29) is 17.5 Å². The van der Waals surface area contributed by atoms with Gasteiger partial charge in [0.15, 0.2) is 0 Å². The lowest BCUT2D eigenvalue weighted by Crippen LogP contribution is -2.66. The Morgan fingerprint density at radius 3 is 2.21 bits per heavy atom. The van der Waals surface area contributed by atoms with E-state index in [4.69, 9.17) is 4.74 Å². The highest BCUT2D eigenvalue weighted by molar-refractivity contribution is 5.89. The Morgan fingerprint density at radius 1 is 0.795 bits per heavy atom. The highest BCUT2D eigenvalue weighted by Crippen LogP contribution is 2.77. The van der Waals surface area contributed by atoms with Gasteiger partial charge in [-0.1, -0.05) is 71.9 Å². The maximum Gasteiger partial charge on any atom is 0.338 e. The maximum absolute atomic E-state index is 13.1. The second-order valence-corrected chi connectivity index (χ2v) is 16.5. The van der Waals surface area contributed by atoms with Gasteiger partial charge < -0.3 is 4.74 Å². The van der Waals surface area contributed by atoms with E-state index in [9.17, 15) is 4.79 Å². The van der Waals surface area contributed by atoms with Crippen LogP contribution in [-0.4, -0.2) is 12.1 Å². The van der Waals surface area contributed by atoms with E-state index in [2.05, 4.69) is 55.0 Å². The highest BCUT2D eigenvalue weighted by atomic mass is 16.5. The van der Waals surface area contributed by atoms with Crippen molar-refractivity contribution in [2.24, 2.45) is 56.7 Å². The topological polar surface area (TPSA) is 26.3 Å². The summed E-state index contributed by atoms with van der Waals surface area (Å²) in [6, 6.07) is 9.57. The predicted octanol–water partition coefficient (Wildman–Crippen LogP) is 9.89. The summed E-state index contributed by atoms with van der Waals surface area (Å²) in [6.07, 6.45) is 13.1. The van der Waals surface area contributed by atoms with Gasteiger partial charge in [0.25, 0.3) is 0 Å². The summed E-state index contributed by atoms with van der Waals surface area (Å²) < 4.78 is 6.30. The first-order valence-electron chi connectivity index (χ1n) is 16.2. The first kappa shape index (κ1) is 27.6. The fourth-order valence-electron chi connectivity index (χ4n) is 12.4. The van der Waals surface area contributed by atoms with Gasteiger partial charge in [0.2, 0.25) is 0 Å². The highest BCUT2D eigenvalue weighted by Gasteiger charge is 2.70. The van der Waals surface area contributed by atoms with Gasteiger partial charge >= 0.3 is 5.97 Å². The number of hydrogen-bond acceptors (Lipinski definition) is 2. The molecule has 5 fully saturated rings. The van der Waals surface area contributed by atoms with Gasteiger partial charge in [0.05, 0.1) is 5.56 Å². The average molecular weight is 531 g/mol. The minimum Gasteiger partial charge on any atom is -0.458 e. The molecule has 0 aromatic heterocycles. The van der Waals surface area contributed by atoms with Gasteiger partial charge in [-0.2, -0.15) is 0 Å². The average Bonchev–Trinajstić information content (AvgIpc) is 3.24. The smallest absolute Gasteiger partial charge is 0.338 e. The number of hydrogen-bond donors (Lipinski definition) is 0. The van der Waals surface area contributed by atoms with Crippen LogP contribution >= 0.6 is 0 Å². The molecule has 0 unspecified atom stereocenters. The van der Waals surface area contributed by atoms with Crippen LogP contribution in [-0.2, 0) is 4.74 Å². The molecule has 214 valence electrons. The Morgan fingerprint density at radius 2 is 1.51 bits per heavy atom. The van der Waals surface area contributed by atoms with Gasteiger partial charge in [-0.3, -0.25) is 0 Å². The van der Waals surface area contributed by atoms with Crippen LogP contribution in [0.3, 0.4) is 0 Å². The zero-order valence-electron chi connectivity index (χ0n) is 25.9. The Bertz CT molecular complexity index is 1140. The van der Waals surface area contributed by atoms with E-state index in [0.717, 1.165) is 30.1 Å². The summed E-state index contributed by atoms with van der Waals surface area (Å²) >= 11 is 0. The summed E-state index contributed by atoms with van der Waals surface area (Å²) in [5, 5.41) is 0. The van der Waals surface area contributed by atoms with Gasteiger partial charge in [-0.15, -0.1) is 0 Å². The molecule has 0 saturated heterocycles. The molecule has 2 nitrogen and oxygen atoms in total. The molecule has 6 rings (SSSR count). The lowest BCUT2D eigenvalue weighted by molar-refractivity contribution is -0.246. The number of rotatable bonds is 3. The van der Waals surface area contributed by atoms with Crippen LogP contribution in [0.5, 0.6) is 0 Å². The van der Waals surface area contributed by atoms with E-state index in [1.165, 1.54) is 63.4 Å². The van der Waals surface area contributed by atoms with Crippen molar-refractivity contribution in [3.63, 3.8) is 0 Å². The minimum atomic E-state index is -0.153. The first-order chi connectivity index (χ1) is 18.3. The molecule has 0 amide bonds. The number of ether oxygens (including phenoxy) is 1. The van der Waals surface area contributed by atoms with E-state index >= 15 is 0 Å². The summed E-state index contributed by atoms with van der Waals surface area (Å²) in [5.74, 6) is 3.57. The van der Waals surface area contributed by atoms with Gasteiger partial charge in [-0.25, -0.2) is 4.79 Å². The molecule has 5 saturated carbocycles. The molecule has 0 aliphatic heterocycles. The molecule has 1 aromatic carbocycles. The number of carbonyl (C=O) groups excluding carboxylic acids is 1. The quantitative estimate of drug-likeness (QED) is 0.287. The van der Waals surface area contributed by atoms with Crippen molar-refractivity contribution < 1.29 is 9.53 Å². The van der Waals surface area contributed by atoms with Gasteiger partial charge in [0, 0.05) is 5.41 Å². The molecule has 2 heteroatoms. The standard InChI is InChI=1S/C37H54O2/c1-24(2)26-16-19-34(5)22-23-36(7)27(31(26)34)14-15-29-35(6)20-18-30(39-32(38)25-12-10-9-11-13-25)33(3,4)28(35)17-21-37(29,36)8/h9-13,26-31H,1,14-23H2,2-8H3/t26-,27-,28-,29-,30-,31-,34-,35+,36-,37-/m0/s1. The number of esters is 1. The summed E-state index contributed by atoms with van der Waals surface area (Å²) in [5.41, 5.74) is 3.72. The molecule has 10 atom stereocenters. The van der Waals surface area contributed by atoms with Crippen molar-refractivity contribution in [3.05, 3.63) is 48.0 Å². The summed E-state index contributed by atoms with van der Waals surface area (Å²) in [6.45, 7) is 22.4. The Labute approximate surface area is 238 Å². The van der Waals surface area contributed by atoms with Crippen LogP contribution in [0.1, 0.15) is 123 Å². The van der Waals surface area contributed by atoms with Crippen LogP contribution in [0.15, 0.2) is 42.5 Å². The number of fused-ring (bicyclic) bond motifs is 7. The number of carbonyl (C=O) groups is 1. The van der Waals surface area contributed by atoms with Crippen LogP contribution in [0.2, 0.25) is 0 Å². The van der Waals surface area contributed by atoms with Crippen LogP contribution in [0.25, 0.3) is 0 Å². The predicted molar refractivity (Wildman–Crippen MR) is 160 cm³/mol. The minimum absolute atomic E-state index is 0.00948. The molecule has 0 spiro atoms. The maximum atomic E-state index is 13.1. The van der Waals surface area contributed by atoms with Crippen molar-refractivity contribution >= 4 is 5.97 Å². The van der Waals surface area contributed by atoms with Crippen molar-refractivity contribution in [2.75, 3.05) is 0 Å². The van der Waals surface area contributed by atoms with E-state index in [0.29, 0.717) is 33.1 Å². The second-order valence-electron chi connectivity index (χ2n) is 16.5. The van der Waals surface area contributed by atoms with E-state index in [1.807, 2.05) is 30.3 Å². The second kappa shape index (κ2) is 8.96. The van der Waals surface area contributed by atoms with Crippen molar-refractivity contribution in [2.45, 2.75) is 119 Å². The van der Waals surface area contributed by atoms with Gasteiger partial charge in [0.1, 0.15) is 6.10 Å². The van der Waals surface area contributed by atoms with Crippen LogP contribution in [0, 0.1) is 56.7 Å². The third kappa shape index (κ3) is 3.74. The summed E-state index contributed by atoms with van der Waals surface area (Å²) in [7, 11) is 0. The lowest BCUT2D eigenvalue weighted by atomic mass is 9.32. The van der Waals surface area contributed by atoms with E-state index < -0.39 is 0 Å². The number of benzene rings is 1. The molecule has 39 heavy (non-hydrogen) atoms. The zero-order valence-corrected chi connectivity index (χ0v) is 25.9. The fraction of sp³-hybridized carbons (Fsp3) is 0.757. The van der Waals surface area contributed by atoms with Gasteiger partial charge in [-0.05, 0) is 135 Å². The summed E-state index contributed by atoms with van der Waals surface area (Å²) in [4.78, 5) is 13.1. The Kier molecular flexibility index (Phi) is 6.34. The Hall–Kier alpha value is -1.57. The molecule has 0 radical (unpaired) electrons. The van der Waals surface area contributed by atoms with Crippen LogP contribution in [0.4, 0.5) is 0 Å². The molecule has 0 bridgehead atoms. The van der Waals surface area contributed by atoms with E-state index in [1.54, 1.807) is 0 Å². The van der Waals surface area contributed by atoms with Crippen molar-refractivity contribution in [1.29, 1.82) is 0 Å². The molecule has 1 aromatic rings. The molecule has 5 aliphatic carbocycles. The molecule has 0 N–H and O–H groups in total. The largest absolute Gasteiger partial charge is 0.458 e. The molecule has 5 aliphatic rings.